The van der Waals surface area contributed by atoms with Crippen molar-refractivity contribution in [2.24, 2.45) is 0 Å². The highest BCUT2D eigenvalue weighted by molar-refractivity contribution is 7.87. The largest absolute Gasteiger partial charge is 0.477 e. The van der Waals surface area contributed by atoms with Gasteiger partial charge in [-0.1, -0.05) is 18.2 Å². The lowest BCUT2D eigenvalue weighted by molar-refractivity contribution is -0.133. The molecule has 0 saturated heterocycles. The Hall–Kier alpha value is -1.64. The molecule has 0 aromatic carbocycles. The maximum Gasteiger partial charge on any atom is 0.353 e. The molecule has 0 saturated carbocycles. The van der Waals surface area contributed by atoms with E-state index < -0.39 is 21.0 Å². The summed E-state index contributed by atoms with van der Waals surface area (Å²) in [5.74, 6) is -1.18. The summed E-state index contributed by atoms with van der Waals surface area (Å²) in [4.78, 5) is 9.11. The van der Waals surface area contributed by atoms with Crippen LogP contribution in [0, 0.1) is 0 Å². The van der Waals surface area contributed by atoms with E-state index in [1.54, 1.807) is 12.2 Å². The highest BCUT2D eigenvalue weighted by Gasteiger charge is 2.48. The predicted octanol–water partition coefficient (Wildman–Crippen LogP) is -0.125. The summed E-state index contributed by atoms with van der Waals surface area (Å²) in [5.41, 5.74) is 2.37. The minimum absolute atomic E-state index is 0.0378. The molecule has 0 bridgehead atoms. The van der Waals surface area contributed by atoms with Crippen LogP contribution in [0.5, 0.6) is 0 Å². The smallest absolute Gasteiger partial charge is 0.353 e. The summed E-state index contributed by atoms with van der Waals surface area (Å²) in [7, 11) is -4.42. The van der Waals surface area contributed by atoms with Gasteiger partial charge in [0.2, 0.25) is 0 Å². The molecule has 0 radical (unpaired) electrons. The SMILES string of the molecule is O=C(O)C1=CCN(C2(S(=O)(=O)O)C=CC=CC2)N1. The van der Waals surface area contributed by atoms with Gasteiger partial charge in [-0.3, -0.25) is 4.55 Å². The van der Waals surface area contributed by atoms with Gasteiger partial charge in [-0.25, -0.2) is 4.79 Å². The number of aliphatic carboxylic acids is 1. The standard InChI is InChI=1S/C10H12N2O5S/c13-9(14)8-4-7-12(11-8)10(18(15,16)17)5-2-1-3-6-10/h1-5,11H,6-7H2,(H,13,14)(H,15,16,17). The minimum Gasteiger partial charge on any atom is -0.477 e. The molecule has 1 aliphatic heterocycles. The molecule has 98 valence electrons. The molecule has 0 fully saturated rings. The zero-order chi connectivity index (χ0) is 13.4. The summed E-state index contributed by atoms with van der Waals surface area (Å²) in [6.07, 6.45) is 7.46. The zero-order valence-electron chi connectivity index (χ0n) is 9.28. The summed E-state index contributed by atoms with van der Waals surface area (Å²) >= 11 is 0. The Morgan fingerprint density at radius 2 is 2.17 bits per heavy atom. The van der Waals surface area contributed by atoms with Crippen molar-refractivity contribution in [3.05, 3.63) is 36.1 Å². The van der Waals surface area contributed by atoms with Crippen LogP contribution in [0.25, 0.3) is 0 Å². The molecule has 3 N–H and O–H groups in total. The van der Waals surface area contributed by atoms with Crippen LogP contribution in [0.1, 0.15) is 6.42 Å². The molecule has 2 rings (SSSR count). The van der Waals surface area contributed by atoms with E-state index in [-0.39, 0.29) is 18.7 Å². The van der Waals surface area contributed by atoms with Crippen molar-refractivity contribution >= 4 is 16.1 Å². The van der Waals surface area contributed by atoms with E-state index >= 15 is 0 Å². The average Bonchev–Trinajstić information content (AvgIpc) is 2.78. The van der Waals surface area contributed by atoms with Crippen LogP contribution >= 0.6 is 0 Å². The lowest BCUT2D eigenvalue weighted by Gasteiger charge is -2.36. The predicted molar refractivity (Wildman–Crippen MR) is 62.7 cm³/mol. The second kappa shape index (κ2) is 4.23. The van der Waals surface area contributed by atoms with Gasteiger partial charge in [-0.15, -0.1) is 0 Å². The van der Waals surface area contributed by atoms with Gasteiger partial charge in [-0.05, 0) is 12.2 Å². The van der Waals surface area contributed by atoms with E-state index in [2.05, 4.69) is 5.43 Å². The van der Waals surface area contributed by atoms with Crippen LogP contribution in [-0.2, 0) is 14.9 Å². The Morgan fingerprint density at radius 3 is 2.61 bits per heavy atom. The topological polar surface area (TPSA) is 107 Å². The molecule has 0 amide bonds. The van der Waals surface area contributed by atoms with Gasteiger partial charge in [0, 0.05) is 13.0 Å². The Bertz CT molecular complexity index is 563. The normalized spacial score (nSPS) is 27.9. The summed E-state index contributed by atoms with van der Waals surface area (Å²) in [5, 5.41) is 10.0. The molecule has 2 aliphatic rings. The zero-order valence-corrected chi connectivity index (χ0v) is 10.1. The van der Waals surface area contributed by atoms with Crippen molar-refractivity contribution in [3.63, 3.8) is 0 Å². The fraction of sp³-hybridized carbons (Fsp3) is 0.300. The van der Waals surface area contributed by atoms with Crippen molar-refractivity contribution in [2.45, 2.75) is 11.3 Å². The van der Waals surface area contributed by atoms with E-state index in [1.165, 1.54) is 23.2 Å². The summed E-state index contributed by atoms with van der Waals surface area (Å²) in [6, 6.07) is 0. The molecular formula is C10H12N2O5S. The molecule has 0 spiro atoms. The second-order valence-electron chi connectivity index (χ2n) is 3.96. The third-order valence-electron chi connectivity index (χ3n) is 2.88. The quantitative estimate of drug-likeness (QED) is 0.614. The van der Waals surface area contributed by atoms with Crippen LogP contribution in [0.3, 0.4) is 0 Å². The molecule has 1 heterocycles. The Labute approximate surface area is 104 Å². The fourth-order valence-corrected chi connectivity index (χ4v) is 2.88. The van der Waals surface area contributed by atoms with Crippen molar-refractivity contribution in [3.8, 4) is 0 Å². The lowest BCUT2D eigenvalue weighted by Crippen LogP contribution is -2.56. The van der Waals surface area contributed by atoms with E-state index in [9.17, 15) is 17.8 Å². The monoisotopic (exact) mass is 272 g/mol. The van der Waals surface area contributed by atoms with Crippen molar-refractivity contribution in [1.82, 2.24) is 10.4 Å². The molecular weight excluding hydrogens is 260 g/mol. The van der Waals surface area contributed by atoms with Gasteiger partial charge in [0.15, 0.2) is 4.87 Å². The first-order valence-electron chi connectivity index (χ1n) is 5.16. The number of carboxylic acid groups (broad SMARTS) is 1. The van der Waals surface area contributed by atoms with Crippen LogP contribution in [-0.4, -0.2) is 40.5 Å². The highest BCUT2D eigenvalue weighted by Crippen LogP contribution is 2.31. The minimum atomic E-state index is -4.42. The van der Waals surface area contributed by atoms with Crippen LogP contribution in [0.4, 0.5) is 0 Å². The first-order chi connectivity index (χ1) is 8.37. The van der Waals surface area contributed by atoms with Crippen molar-refractivity contribution in [2.75, 3.05) is 6.54 Å². The van der Waals surface area contributed by atoms with E-state index in [4.69, 9.17) is 5.11 Å². The molecule has 18 heavy (non-hydrogen) atoms. The third kappa shape index (κ3) is 1.94. The van der Waals surface area contributed by atoms with Gasteiger partial charge >= 0.3 is 5.97 Å². The number of nitrogens with zero attached hydrogens (tertiary/aromatic N) is 1. The molecule has 1 unspecified atom stereocenters. The third-order valence-corrected chi connectivity index (χ3v) is 4.30. The van der Waals surface area contributed by atoms with Crippen LogP contribution in [0.15, 0.2) is 36.1 Å². The number of carbonyl (C=O) groups is 1. The number of hydrogen-bond acceptors (Lipinski definition) is 5. The number of rotatable bonds is 3. The highest BCUT2D eigenvalue weighted by atomic mass is 32.2. The molecule has 1 aliphatic carbocycles. The van der Waals surface area contributed by atoms with Crippen LogP contribution in [0.2, 0.25) is 0 Å². The number of carboxylic acids is 1. The maximum atomic E-state index is 11.6. The van der Waals surface area contributed by atoms with Gasteiger partial charge in [0.1, 0.15) is 5.70 Å². The van der Waals surface area contributed by atoms with Crippen LogP contribution < -0.4 is 5.43 Å². The number of nitrogens with one attached hydrogen (secondary N) is 1. The maximum absolute atomic E-state index is 11.6. The van der Waals surface area contributed by atoms with Gasteiger partial charge < -0.3 is 10.5 Å². The Kier molecular flexibility index (Phi) is 3.01. The van der Waals surface area contributed by atoms with Crippen molar-refractivity contribution < 1.29 is 22.9 Å². The number of hydrazine groups is 1. The molecule has 0 aromatic rings. The van der Waals surface area contributed by atoms with E-state index in [0.29, 0.717) is 0 Å². The Morgan fingerprint density at radius 1 is 1.44 bits per heavy atom. The Balaban J connectivity index is 2.33. The first kappa shape index (κ1) is 12.8. The fourth-order valence-electron chi connectivity index (χ4n) is 1.92. The molecule has 7 nitrogen and oxygen atoms in total. The second-order valence-corrected chi connectivity index (χ2v) is 5.61. The van der Waals surface area contributed by atoms with Crippen molar-refractivity contribution in [1.29, 1.82) is 0 Å². The summed E-state index contributed by atoms with van der Waals surface area (Å²) in [6.45, 7) is 0.0691. The van der Waals surface area contributed by atoms with E-state index in [1.807, 2.05) is 0 Å². The lowest BCUT2D eigenvalue weighted by atomic mass is 10.1. The first-order valence-corrected chi connectivity index (χ1v) is 6.60. The molecule has 8 heteroatoms. The van der Waals surface area contributed by atoms with Gasteiger partial charge in [-0.2, -0.15) is 13.4 Å². The number of allylic oxidation sites excluding steroid dienone is 2. The van der Waals surface area contributed by atoms with Gasteiger partial charge in [0.05, 0.1) is 0 Å². The summed E-state index contributed by atoms with van der Waals surface area (Å²) < 4.78 is 32.6. The molecule has 1 atom stereocenters. The van der Waals surface area contributed by atoms with Gasteiger partial charge in [0.25, 0.3) is 10.1 Å². The number of hydrogen-bond donors (Lipinski definition) is 3. The average molecular weight is 272 g/mol. The molecule has 0 aromatic heterocycles. The van der Waals surface area contributed by atoms with E-state index in [0.717, 1.165) is 0 Å².